The second-order valence-corrected chi connectivity index (χ2v) is 5.01. The maximum atomic E-state index is 13.5. The lowest BCUT2D eigenvalue weighted by Crippen LogP contribution is -2.21. The Kier molecular flexibility index (Phi) is 4.40. The monoisotopic (exact) mass is 299 g/mol. The summed E-state index contributed by atoms with van der Waals surface area (Å²) >= 11 is 0. The van der Waals surface area contributed by atoms with Gasteiger partial charge in [-0.05, 0) is 19.3 Å². The molecular formula is C14H15F2NO4. The molecule has 2 rings (SSSR count). The van der Waals surface area contributed by atoms with E-state index in [0.29, 0.717) is 12.8 Å². The standard InChI is InChI=1S/C14H15F2NO4/c1-21-12-10(15)5-9(6-11(12)16)17-13(18)7-2-3-8(4-7)14(19)20/h5-8H,2-4H2,1H3,(H,17,18)(H,19,20)/t7-,8+/m1/s1. The number of carboxylic acid groups (broad SMARTS) is 1. The Morgan fingerprint density at radius 3 is 2.29 bits per heavy atom. The highest BCUT2D eigenvalue weighted by atomic mass is 19.1. The fourth-order valence-electron chi connectivity index (χ4n) is 2.52. The third kappa shape index (κ3) is 3.29. The number of halogens is 2. The van der Waals surface area contributed by atoms with Gasteiger partial charge in [-0.25, -0.2) is 8.78 Å². The highest BCUT2D eigenvalue weighted by molar-refractivity contribution is 5.93. The minimum absolute atomic E-state index is 0.0189. The molecule has 114 valence electrons. The average Bonchev–Trinajstić information content (AvgIpc) is 2.88. The predicted octanol–water partition coefficient (Wildman–Crippen LogP) is 2.41. The van der Waals surface area contributed by atoms with Crippen molar-refractivity contribution in [2.75, 3.05) is 12.4 Å². The van der Waals surface area contributed by atoms with Gasteiger partial charge in [-0.2, -0.15) is 0 Å². The molecule has 1 amide bonds. The summed E-state index contributed by atoms with van der Waals surface area (Å²) in [7, 11) is 1.14. The Morgan fingerprint density at radius 2 is 1.81 bits per heavy atom. The summed E-state index contributed by atoms with van der Waals surface area (Å²) in [5, 5.41) is 11.3. The van der Waals surface area contributed by atoms with Gasteiger partial charge in [0.25, 0.3) is 0 Å². The first-order chi connectivity index (χ1) is 9.92. The normalized spacial score (nSPS) is 21.1. The van der Waals surface area contributed by atoms with Crippen LogP contribution in [0.1, 0.15) is 19.3 Å². The molecule has 0 heterocycles. The van der Waals surface area contributed by atoms with Gasteiger partial charge in [-0.3, -0.25) is 9.59 Å². The SMILES string of the molecule is COc1c(F)cc(NC(=O)[C@@H]2CC[C@H](C(=O)O)C2)cc1F. The van der Waals surface area contributed by atoms with Crippen molar-refractivity contribution in [3.05, 3.63) is 23.8 Å². The molecule has 0 radical (unpaired) electrons. The fourth-order valence-corrected chi connectivity index (χ4v) is 2.52. The second-order valence-electron chi connectivity index (χ2n) is 5.01. The van der Waals surface area contributed by atoms with E-state index >= 15 is 0 Å². The molecule has 2 N–H and O–H groups in total. The Hall–Kier alpha value is -2.18. The smallest absolute Gasteiger partial charge is 0.306 e. The van der Waals surface area contributed by atoms with Crippen molar-refractivity contribution in [3.8, 4) is 5.75 Å². The molecule has 1 saturated carbocycles. The van der Waals surface area contributed by atoms with E-state index < -0.39 is 41.1 Å². The highest BCUT2D eigenvalue weighted by Crippen LogP contribution is 2.32. The van der Waals surface area contributed by atoms with Crippen LogP contribution in [0.25, 0.3) is 0 Å². The number of methoxy groups -OCH3 is 1. The van der Waals surface area contributed by atoms with E-state index in [1.807, 2.05) is 0 Å². The molecule has 0 bridgehead atoms. The number of hydrogen-bond acceptors (Lipinski definition) is 3. The van der Waals surface area contributed by atoms with Crippen LogP contribution >= 0.6 is 0 Å². The molecule has 1 aliphatic carbocycles. The van der Waals surface area contributed by atoms with Crippen molar-refractivity contribution in [2.45, 2.75) is 19.3 Å². The number of carbonyl (C=O) groups excluding carboxylic acids is 1. The number of rotatable bonds is 4. The van der Waals surface area contributed by atoms with Crippen molar-refractivity contribution in [1.29, 1.82) is 0 Å². The summed E-state index contributed by atoms with van der Waals surface area (Å²) in [6.07, 6.45) is 1.12. The molecule has 7 heteroatoms. The maximum Gasteiger partial charge on any atom is 0.306 e. The maximum absolute atomic E-state index is 13.5. The largest absolute Gasteiger partial charge is 0.491 e. The Labute approximate surface area is 119 Å². The summed E-state index contributed by atoms with van der Waals surface area (Å²) < 4.78 is 31.6. The summed E-state index contributed by atoms with van der Waals surface area (Å²) in [4.78, 5) is 22.8. The Bertz CT molecular complexity index is 553. The quantitative estimate of drug-likeness (QED) is 0.895. The topological polar surface area (TPSA) is 75.6 Å². The van der Waals surface area contributed by atoms with Crippen molar-refractivity contribution < 1.29 is 28.2 Å². The molecule has 0 aromatic heterocycles. The molecule has 1 aromatic carbocycles. The van der Waals surface area contributed by atoms with Gasteiger partial charge < -0.3 is 15.2 Å². The van der Waals surface area contributed by atoms with Crippen LogP contribution in [0.15, 0.2) is 12.1 Å². The highest BCUT2D eigenvalue weighted by Gasteiger charge is 2.33. The lowest BCUT2D eigenvalue weighted by Gasteiger charge is -2.12. The molecule has 0 spiro atoms. The second kappa shape index (κ2) is 6.07. The van der Waals surface area contributed by atoms with E-state index in [4.69, 9.17) is 5.11 Å². The van der Waals surface area contributed by atoms with Crippen molar-refractivity contribution in [3.63, 3.8) is 0 Å². The van der Waals surface area contributed by atoms with Gasteiger partial charge in [0.2, 0.25) is 5.91 Å². The van der Waals surface area contributed by atoms with Crippen LogP contribution in [0.3, 0.4) is 0 Å². The zero-order valence-electron chi connectivity index (χ0n) is 11.4. The number of ether oxygens (including phenoxy) is 1. The van der Waals surface area contributed by atoms with Crippen molar-refractivity contribution in [1.82, 2.24) is 0 Å². The van der Waals surface area contributed by atoms with E-state index in [0.717, 1.165) is 19.2 Å². The van der Waals surface area contributed by atoms with E-state index in [1.165, 1.54) is 0 Å². The number of anilines is 1. The molecule has 21 heavy (non-hydrogen) atoms. The van der Waals surface area contributed by atoms with Crippen LogP contribution in [-0.2, 0) is 9.59 Å². The number of hydrogen-bond donors (Lipinski definition) is 2. The zero-order valence-corrected chi connectivity index (χ0v) is 11.4. The van der Waals surface area contributed by atoms with Crippen LogP contribution in [0.5, 0.6) is 5.75 Å². The number of nitrogens with one attached hydrogen (secondary N) is 1. The van der Waals surface area contributed by atoms with E-state index in [9.17, 15) is 18.4 Å². The lowest BCUT2D eigenvalue weighted by atomic mass is 10.0. The van der Waals surface area contributed by atoms with Gasteiger partial charge >= 0.3 is 5.97 Å². The number of benzene rings is 1. The first-order valence-corrected chi connectivity index (χ1v) is 6.49. The molecule has 5 nitrogen and oxygen atoms in total. The van der Waals surface area contributed by atoms with Gasteiger partial charge in [0.1, 0.15) is 0 Å². The van der Waals surface area contributed by atoms with E-state index in [2.05, 4.69) is 10.1 Å². The van der Waals surface area contributed by atoms with Gasteiger partial charge in [-0.1, -0.05) is 0 Å². The van der Waals surface area contributed by atoms with E-state index in [1.54, 1.807) is 0 Å². The number of carbonyl (C=O) groups is 2. The lowest BCUT2D eigenvalue weighted by molar-refractivity contribution is -0.141. The average molecular weight is 299 g/mol. The molecular weight excluding hydrogens is 284 g/mol. The molecule has 0 unspecified atom stereocenters. The fraction of sp³-hybridized carbons (Fsp3) is 0.429. The minimum atomic E-state index is -0.924. The third-order valence-electron chi connectivity index (χ3n) is 3.62. The molecule has 0 aliphatic heterocycles. The summed E-state index contributed by atoms with van der Waals surface area (Å²) in [6, 6.07) is 1.92. The summed E-state index contributed by atoms with van der Waals surface area (Å²) in [5.74, 6) is -4.69. The Morgan fingerprint density at radius 1 is 1.24 bits per heavy atom. The van der Waals surface area contributed by atoms with Gasteiger partial charge in [0, 0.05) is 23.7 Å². The summed E-state index contributed by atoms with van der Waals surface area (Å²) in [5.41, 5.74) is -0.0189. The first-order valence-electron chi connectivity index (χ1n) is 6.49. The van der Waals surface area contributed by atoms with Crippen molar-refractivity contribution in [2.24, 2.45) is 11.8 Å². The molecule has 1 aromatic rings. The zero-order chi connectivity index (χ0) is 15.6. The van der Waals surface area contributed by atoms with Gasteiger partial charge in [-0.15, -0.1) is 0 Å². The minimum Gasteiger partial charge on any atom is -0.491 e. The van der Waals surface area contributed by atoms with Crippen LogP contribution in [0.2, 0.25) is 0 Å². The van der Waals surface area contributed by atoms with Gasteiger partial charge in [0.05, 0.1) is 13.0 Å². The van der Waals surface area contributed by atoms with Crippen LogP contribution < -0.4 is 10.1 Å². The first kappa shape index (κ1) is 15.2. The molecule has 2 atom stereocenters. The van der Waals surface area contributed by atoms with Crippen LogP contribution in [0.4, 0.5) is 14.5 Å². The number of carboxylic acids is 1. The number of aliphatic carboxylic acids is 1. The third-order valence-corrected chi connectivity index (χ3v) is 3.62. The Balaban J connectivity index is 2.05. The molecule has 1 aliphatic rings. The van der Waals surface area contributed by atoms with Crippen LogP contribution in [-0.4, -0.2) is 24.1 Å². The number of amides is 1. The summed E-state index contributed by atoms with van der Waals surface area (Å²) in [6.45, 7) is 0. The van der Waals surface area contributed by atoms with E-state index in [-0.39, 0.29) is 12.1 Å². The van der Waals surface area contributed by atoms with Crippen molar-refractivity contribution >= 4 is 17.6 Å². The molecule has 1 fully saturated rings. The van der Waals surface area contributed by atoms with Gasteiger partial charge in [0.15, 0.2) is 17.4 Å². The predicted molar refractivity (Wildman–Crippen MR) is 70.0 cm³/mol. The molecule has 0 saturated heterocycles. The van der Waals surface area contributed by atoms with Crippen LogP contribution in [0, 0.1) is 23.5 Å².